The predicted molar refractivity (Wildman–Crippen MR) is 120 cm³/mol. The van der Waals surface area contributed by atoms with Crippen molar-refractivity contribution in [2.45, 2.75) is 33.9 Å². The molecule has 0 bridgehead atoms. The lowest BCUT2D eigenvalue weighted by Gasteiger charge is -2.15. The minimum atomic E-state index is 0.319. The standard InChI is InChI=1S/C24H22Cl2N2O/c1-15-10-16(2)19(17(3)11-15)13-28-22-7-5-4-6-21(22)27-24(28)14-29-23-9-8-18(25)12-20(23)26/h4-12H,13-14H2,1-3H3. The smallest absolute Gasteiger partial charge is 0.148 e. The fraction of sp³-hybridized carbons (Fsp3) is 0.208. The lowest BCUT2D eigenvalue weighted by molar-refractivity contribution is 0.291. The summed E-state index contributed by atoms with van der Waals surface area (Å²) in [7, 11) is 0. The number of hydrogen-bond donors (Lipinski definition) is 0. The van der Waals surface area contributed by atoms with Gasteiger partial charge in [0.15, 0.2) is 0 Å². The molecule has 0 aliphatic heterocycles. The third-order valence-corrected chi connectivity index (χ3v) is 5.67. The molecule has 1 heterocycles. The summed E-state index contributed by atoms with van der Waals surface area (Å²) in [6.45, 7) is 7.52. The number of halogens is 2. The average molecular weight is 425 g/mol. The Morgan fingerprint density at radius 1 is 0.931 bits per heavy atom. The van der Waals surface area contributed by atoms with Gasteiger partial charge in [-0.15, -0.1) is 0 Å². The summed E-state index contributed by atoms with van der Waals surface area (Å²) in [4.78, 5) is 4.82. The van der Waals surface area contributed by atoms with Crippen LogP contribution in [0.2, 0.25) is 10.0 Å². The molecule has 0 amide bonds. The number of aryl methyl sites for hydroxylation is 3. The molecule has 0 spiro atoms. The first-order valence-corrected chi connectivity index (χ1v) is 10.3. The summed E-state index contributed by atoms with van der Waals surface area (Å²) in [6.07, 6.45) is 0. The molecule has 0 unspecified atom stereocenters. The molecule has 148 valence electrons. The second kappa shape index (κ2) is 8.10. The van der Waals surface area contributed by atoms with Crippen LogP contribution < -0.4 is 4.74 Å². The normalized spacial score (nSPS) is 11.2. The second-order valence-corrected chi connectivity index (χ2v) is 8.19. The van der Waals surface area contributed by atoms with Crippen LogP contribution in [0.15, 0.2) is 54.6 Å². The summed E-state index contributed by atoms with van der Waals surface area (Å²) < 4.78 is 8.22. The molecule has 1 aromatic heterocycles. The van der Waals surface area contributed by atoms with Crippen molar-refractivity contribution in [2.24, 2.45) is 0 Å². The first-order chi connectivity index (χ1) is 13.9. The molecule has 5 heteroatoms. The largest absolute Gasteiger partial charge is 0.484 e. The van der Waals surface area contributed by atoms with Crippen LogP contribution in [0.25, 0.3) is 11.0 Å². The zero-order valence-electron chi connectivity index (χ0n) is 16.7. The Labute approximate surface area is 180 Å². The van der Waals surface area contributed by atoms with Crippen LogP contribution in [-0.2, 0) is 13.2 Å². The maximum absolute atomic E-state index is 6.26. The van der Waals surface area contributed by atoms with Crippen molar-refractivity contribution in [1.82, 2.24) is 9.55 Å². The average Bonchev–Trinajstić information content (AvgIpc) is 3.01. The van der Waals surface area contributed by atoms with Gasteiger partial charge in [-0.3, -0.25) is 0 Å². The van der Waals surface area contributed by atoms with E-state index >= 15 is 0 Å². The highest BCUT2D eigenvalue weighted by Gasteiger charge is 2.14. The fourth-order valence-corrected chi connectivity index (χ4v) is 4.23. The van der Waals surface area contributed by atoms with E-state index in [1.807, 2.05) is 18.2 Å². The van der Waals surface area contributed by atoms with Gasteiger partial charge in [0.1, 0.15) is 18.2 Å². The lowest BCUT2D eigenvalue weighted by Crippen LogP contribution is -2.10. The summed E-state index contributed by atoms with van der Waals surface area (Å²) in [5, 5.41) is 1.07. The van der Waals surface area contributed by atoms with E-state index in [0.29, 0.717) is 22.4 Å². The molecule has 4 aromatic rings. The molecule has 0 radical (unpaired) electrons. The number of para-hydroxylation sites is 2. The molecule has 4 rings (SSSR count). The van der Waals surface area contributed by atoms with Gasteiger partial charge in [0, 0.05) is 11.6 Å². The van der Waals surface area contributed by atoms with E-state index in [1.165, 1.54) is 22.3 Å². The second-order valence-electron chi connectivity index (χ2n) is 7.34. The third-order valence-electron chi connectivity index (χ3n) is 5.14. The highest BCUT2D eigenvalue weighted by atomic mass is 35.5. The quantitative estimate of drug-likeness (QED) is 0.348. The molecule has 3 nitrogen and oxygen atoms in total. The van der Waals surface area contributed by atoms with Crippen LogP contribution >= 0.6 is 23.2 Å². The highest BCUT2D eigenvalue weighted by molar-refractivity contribution is 6.35. The fourth-order valence-electron chi connectivity index (χ4n) is 3.76. The van der Waals surface area contributed by atoms with E-state index in [0.717, 1.165) is 23.4 Å². The zero-order valence-corrected chi connectivity index (χ0v) is 18.2. The van der Waals surface area contributed by atoms with Crippen LogP contribution in [0.3, 0.4) is 0 Å². The molecule has 0 aliphatic carbocycles. The molecule has 0 saturated carbocycles. The number of ether oxygens (including phenoxy) is 1. The Kier molecular flexibility index (Phi) is 5.53. The van der Waals surface area contributed by atoms with Gasteiger partial charge >= 0.3 is 0 Å². The molecular formula is C24H22Cl2N2O. The number of aromatic nitrogens is 2. The van der Waals surface area contributed by atoms with Gasteiger partial charge in [-0.25, -0.2) is 4.98 Å². The van der Waals surface area contributed by atoms with Gasteiger partial charge in [0.05, 0.1) is 16.1 Å². The monoisotopic (exact) mass is 424 g/mol. The SMILES string of the molecule is Cc1cc(C)c(Cn2c(COc3ccc(Cl)cc3Cl)nc3ccccc32)c(C)c1. The highest BCUT2D eigenvalue weighted by Crippen LogP contribution is 2.29. The maximum Gasteiger partial charge on any atom is 0.148 e. The maximum atomic E-state index is 6.26. The summed E-state index contributed by atoms with van der Waals surface area (Å²) in [6, 6.07) is 17.9. The number of benzene rings is 3. The first kappa shape index (κ1) is 19.8. The van der Waals surface area contributed by atoms with E-state index in [-0.39, 0.29) is 0 Å². The van der Waals surface area contributed by atoms with Crippen molar-refractivity contribution in [2.75, 3.05) is 0 Å². The number of nitrogens with zero attached hydrogens (tertiary/aromatic N) is 2. The number of fused-ring (bicyclic) bond motifs is 1. The Bertz CT molecular complexity index is 1170. The number of imidazole rings is 1. The van der Waals surface area contributed by atoms with Crippen molar-refractivity contribution in [3.63, 3.8) is 0 Å². The summed E-state index contributed by atoms with van der Waals surface area (Å²) >= 11 is 12.3. The van der Waals surface area contributed by atoms with Gasteiger partial charge in [0.2, 0.25) is 0 Å². The Morgan fingerprint density at radius 3 is 2.38 bits per heavy atom. The Hall–Kier alpha value is -2.49. The first-order valence-electron chi connectivity index (χ1n) is 9.51. The van der Waals surface area contributed by atoms with Crippen molar-refractivity contribution in [3.05, 3.63) is 92.7 Å². The minimum absolute atomic E-state index is 0.319. The summed E-state index contributed by atoms with van der Waals surface area (Å²) in [5.74, 6) is 1.45. The van der Waals surface area contributed by atoms with Crippen LogP contribution in [0.5, 0.6) is 5.75 Å². The van der Waals surface area contributed by atoms with Gasteiger partial charge in [-0.05, 0) is 67.8 Å². The van der Waals surface area contributed by atoms with Crippen LogP contribution in [0, 0.1) is 20.8 Å². The Morgan fingerprint density at radius 2 is 1.66 bits per heavy atom. The van der Waals surface area contributed by atoms with E-state index < -0.39 is 0 Å². The van der Waals surface area contributed by atoms with Crippen molar-refractivity contribution >= 4 is 34.2 Å². The van der Waals surface area contributed by atoms with Gasteiger partial charge in [0.25, 0.3) is 0 Å². The van der Waals surface area contributed by atoms with Crippen LogP contribution in [0.4, 0.5) is 0 Å². The molecule has 0 fully saturated rings. The van der Waals surface area contributed by atoms with Crippen LogP contribution in [0.1, 0.15) is 28.1 Å². The molecule has 29 heavy (non-hydrogen) atoms. The van der Waals surface area contributed by atoms with Gasteiger partial charge in [-0.2, -0.15) is 0 Å². The van der Waals surface area contributed by atoms with Gasteiger partial charge in [-0.1, -0.05) is 53.0 Å². The molecule has 3 aromatic carbocycles. The molecule has 0 atom stereocenters. The van der Waals surface area contributed by atoms with E-state index in [1.54, 1.807) is 18.2 Å². The van der Waals surface area contributed by atoms with Crippen LogP contribution in [-0.4, -0.2) is 9.55 Å². The summed E-state index contributed by atoms with van der Waals surface area (Å²) in [5.41, 5.74) is 7.20. The van der Waals surface area contributed by atoms with Crippen molar-refractivity contribution in [3.8, 4) is 5.75 Å². The minimum Gasteiger partial charge on any atom is -0.484 e. The molecular weight excluding hydrogens is 403 g/mol. The Balaban J connectivity index is 1.71. The zero-order chi connectivity index (χ0) is 20.5. The molecule has 0 N–H and O–H groups in total. The third kappa shape index (κ3) is 4.12. The van der Waals surface area contributed by atoms with E-state index in [9.17, 15) is 0 Å². The lowest BCUT2D eigenvalue weighted by atomic mass is 10.00. The van der Waals surface area contributed by atoms with E-state index in [2.05, 4.69) is 43.5 Å². The van der Waals surface area contributed by atoms with E-state index in [4.69, 9.17) is 32.9 Å². The molecule has 0 saturated heterocycles. The topological polar surface area (TPSA) is 27.1 Å². The predicted octanol–water partition coefficient (Wildman–Crippen LogP) is 6.90. The molecule has 0 aliphatic rings. The van der Waals surface area contributed by atoms with Crippen molar-refractivity contribution < 1.29 is 4.74 Å². The van der Waals surface area contributed by atoms with Crippen molar-refractivity contribution in [1.29, 1.82) is 0 Å². The number of rotatable bonds is 5. The number of hydrogen-bond acceptors (Lipinski definition) is 2. The van der Waals surface area contributed by atoms with Gasteiger partial charge < -0.3 is 9.30 Å².